The summed E-state index contributed by atoms with van der Waals surface area (Å²) in [6.45, 7) is 0. The lowest BCUT2D eigenvalue weighted by atomic mass is 10.3. The summed E-state index contributed by atoms with van der Waals surface area (Å²) < 4.78 is 9.88. The standard InChI is InChI=1S/C7H6Cl2NO4PS/c1-13-15(9,16)14-5-2-3-7(10(11)12)6(8)4-5/h2-4H,1H3. The largest absolute Gasteiger partial charge is 0.433 e. The first kappa shape index (κ1) is 13.7. The van der Waals surface area contributed by atoms with Gasteiger partial charge < -0.3 is 9.05 Å². The highest BCUT2D eigenvalue weighted by Crippen LogP contribution is 2.53. The minimum absolute atomic E-state index is 0.0507. The monoisotopic (exact) mass is 301 g/mol. The summed E-state index contributed by atoms with van der Waals surface area (Å²) in [5.41, 5.74) is -0.214. The van der Waals surface area contributed by atoms with Gasteiger partial charge >= 0.3 is 5.84 Å². The number of nitrogens with zero attached hydrogens (tertiary/aromatic N) is 1. The van der Waals surface area contributed by atoms with Crippen molar-refractivity contribution in [3.05, 3.63) is 33.3 Å². The van der Waals surface area contributed by atoms with E-state index >= 15 is 0 Å². The number of nitro benzene ring substituents is 1. The second-order valence-corrected chi connectivity index (χ2v) is 7.77. The van der Waals surface area contributed by atoms with Crippen molar-refractivity contribution < 1.29 is 14.0 Å². The van der Waals surface area contributed by atoms with Crippen LogP contribution in [0.4, 0.5) is 5.69 Å². The van der Waals surface area contributed by atoms with E-state index in [4.69, 9.17) is 43.7 Å². The van der Waals surface area contributed by atoms with Crippen LogP contribution in [-0.4, -0.2) is 12.0 Å². The lowest BCUT2D eigenvalue weighted by Gasteiger charge is -2.13. The Morgan fingerprint density at radius 3 is 2.62 bits per heavy atom. The Morgan fingerprint density at radius 2 is 2.19 bits per heavy atom. The van der Waals surface area contributed by atoms with Gasteiger partial charge in [-0.15, -0.1) is 0 Å². The van der Waals surface area contributed by atoms with Gasteiger partial charge in [-0.3, -0.25) is 10.1 Å². The van der Waals surface area contributed by atoms with Gasteiger partial charge in [-0.05, 0) is 29.1 Å². The summed E-state index contributed by atoms with van der Waals surface area (Å²) in [4.78, 5) is 9.89. The van der Waals surface area contributed by atoms with Crippen LogP contribution in [0.3, 0.4) is 0 Å². The second kappa shape index (κ2) is 5.29. The summed E-state index contributed by atoms with van der Waals surface area (Å²) in [6.07, 6.45) is 0. The molecule has 16 heavy (non-hydrogen) atoms. The Morgan fingerprint density at radius 1 is 1.56 bits per heavy atom. The SMILES string of the molecule is COP(=S)(Cl)Oc1ccc([N+](=O)[O-])c(Cl)c1. The topological polar surface area (TPSA) is 61.6 Å². The van der Waals surface area contributed by atoms with Gasteiger partial charge in [0.15, 0.2) is 0 Å². The fraction of sp³-hybridized carbons (Fsp3) is 0.143. The van der Waals surface area contributed by atoms with Crippen molar-refractivity contribution >= 4 is 46.2 Å². The maximum absolute atomic E-state index is 10.5. The van der Waals surface area contributed by atoms with E-state index < -0.39 is 10.8 Å². The highest BCUT2D eigenvalue weighted by molar-refractivity contribution is 8.22. The Balaban J connectivity index is 2.98. The van der Waals surface area contributed by atoms with Gasteiger partial charge in [-0.2, -0.15) is 0 Å². The highest BCUT2D eigenvalue weighted by Gasteiger charge is 2.18. The van der Waals surface area contributed by atoms with Gasteiger partial charge in [0.25, 0.3) is 5.69 Å². The number of benzene rings is 1. The van der Waals surface area contributed by atoms with E-state index in [0.717, 1.165) is 0 Å². The van der Waals surface area contributed by atoms with E-state index in [1.54, 1.807) is 0 Å². The van der Waals surface area contributed by atoms with E-state index in [1.807, 2.05) is 0 Å². The Bertz CT molecular complexity index is 470. The molecule has 0 saturated carbocycles. The molecule has 0 amide bonds. The van der Waals surface area contributed by atoms with Crippen molar-refractivity contribution in [3.8, 4) is 5.75 Å². The number of hydrogen-bond donors (Lipinski definition) is 0. The van der Waals surface area contributed by atoms with Crippen LogP contribution in [0.5, 0.6) is 5.75 Å². The summed E-state index contributed by atoms with van der Waals surface area (Å²) in [5.74, 6) is -2.64. The molecule has 0 N–H and O–H groups in total. The molecule has 1 atom stereocenters. The normalized spacial score (nSPS) is 14.2. The predicted octanol–water partition coefficient (Wildman–Crippen LogP) is 3.74. The fourth-order valence-corrected chi connectivity index (χ4v) is 2.03. The van der Waals surface area contributed by atoms with Crippen LogP contribution >= 0.6 is 28.7 Å². The van der Waals surface area contributed by atoms with Crippen molar-refractivity contribution in [2.75, 3.05) is 7.11 Å². The molecule has 1 aromatic carbocycles. The molecule has 0 aromatic heterocycles. The number of rotatable bonds is 4. The Labute approximate surface area is 106 Å². The maximum atomic E-state index is 10.5. The molecule has 5 nitrogen and oxygen atoms in total. The lowest BCUT2D eigenvalue weighted by Crippen LogP contribution is -1.92. The highest BCUT2D eigenvalue weighted by atomic mass is 35.7. The van der Waals surface area contributed by atoms with Crippen molar-refractivity contribution in [3.63, 3.8) is 0 Å². The van der Waals surface area contributed by atoms with Gasteiger partial charge in [0.1, 0.15) is 10.8 Å². The van der Waals surface area contributed by atoms with Crippen molar-refractivity contribution in [1.82, 2.24) is 0 Å². The number of halogens is 2. The lowest BCUT2D eigenvalue weighted by molar-refractivity contribution is -0.384. The molecule has 0 saturated heterocycles. The predicted molar refractivity (Wildman–Crippen MR) is 65.9 cm³/mol. The van der Waals surface area contributed by atoms with E-state index in [2.05, 4.69) is 0 Å². The summed E-state index contributed by atoms with van der Waals surface area (Å²) in [5, 5.41) is 10.4. The zero-order valence-corrected chi connectivity index (χ0v) is 11.1. The molecule has 1 aromatic rings. The van der Waals surface area contributed by atoms with Crippen LogP contribution in [-0.2, 0) is 16.3 Å². The van der Waals surface area contributed by atoms with Crippen molar-refractivity contribution in [2.24, 2.45) is 0 Å². The zero-order valence-electron chi connectivity index (χ0n) is 7.92. The molecule has 0 fully saturated rings. The quantitative estimate of drug-likeness (QED) is 0.481. The van der Waals surface area contributed by atoms with Crippen LogP contribution < -0.4 is 4.52 Å². The first-order chi connectivity index (χ1) is 7.35. The molecule has 1 rings (SSSR count). The summed E-state index contributed by atoms with van der Waals surface area (Å²) in [6, 6.07) is 3.83. The van der Waals surface area contributed by atoms with E-state index in [9.17, 15) is 10.1 Å². The third-order valence-corrected chi connectivity index (χ3v) is 4.01. The van der Waals surface area contributed by atoms with Crippen molar-refractivity contribution in [2.45, 2.75) is 0 Å². The molecular formula is C7H6Cl2NO4PS. The molecule has 88 valence electrons. The average molecular weight is 302 g/mol. The maximum Gasteiger partial charge on any atom is 0.332 e. The number of nitro groups is 1. The molecule has 0 aliphatic heterocycles. The summed E-state index contributed by atoms with van der Waals surface area (Å²) >= 11 is 16.2. The van der Waals surface area contributed by atoms with Crippen LogP contribution in [0.2, 0.25) is 5.02 Å². The first-order valence-corrected chi connectivity index (χ1v) is 7.77. The molecule has 0 aliphatic rings. The van der Waals surface area contributed by atoms with Gasteiger partial charge in [0.05, 0.1) is 4.92 Å². The van der Waals surface area contributed by atoms with Crippen LogP contribution in [0.1, 0.15) is 0 Å². The third kappa shape index (κ3) is 3.57. The van der Waals surface area contributed by atoms with Crippen LogP contribution in [0.25, 0.3) is 0 Å². The van der Waals surface area contributed by atoms with Crippen LogP contribution in [0.15, 0.2) is 18.2 Å². The first-order valence-electron chi connectivity index (χ1n) is 3.84. The third-order valence-electron chi connectivity index (χ3n) is 1.55. The van der Waals surface area contributed by atoms with Gasteiger partial charge in [0.2, 0.25) is 0 Å². The van der Waals surface area contributed by atoms with Gasteiger partial charge in [0, 0.05) is 19.2 Å². The van der Waals surface area contributed by atoms with Crippen molar-refractivity contribution in [1.29, 1.82) is 0 Å². The minimum Gasteiger partial charge on any atom is -0.433 e. The fourth-order valence-electron chi connectivity index (χ4n) is 0.856. The molecule has 1 unspecified atom stereocenters. The Kier molecular flexibility index (Phi) is 4.52. The van der Waals surface area contributed by atoms with E-state index in [1.165, 1.54) is 25.3 Å². The molecule has 0 aliphatic carbocycles. The molecule has 0 heterocycles. The Hall–Kier alpha value is -0.390. The second-order valence-electron chi connectivity index (χ2n) is 2.57. The summed E-state index contributed by atoms with van der Waals surface area (Å²) in [7, 11) is 1.32. The van der Waals surface area contributed by atoms with E-state index in [0.29, 0.717) is 0 Å². The smallest absolute Gasteiger partial charge is 0.332 e. The number of hydrogen-bond acceptors (Lipinski definition) is 5. The molecule has 9 heteroatoms. The molecule has 0 radical (unpaired) electrons. The van der Waals surface area contributed by atoms with Gasteiger partial charge in [-0.1, -0.05) is 11.6 Å². The minimum atomic E-state index is -2.88. The average Bonchev–Trinajstić information content (AvgIpc) is 2.16. The molecule has 0 spiro atoms. The van der Waals surface area contributed by atoms with Crippen LogP contribution in [0, 0.1) is 10.1 Å². The zero-order chi connectivity index (χ0) is 12.3. The van der Waals surface area contributed by atoms with Gasteiger partial charge in [-0.25, -0.2) is 0 Å². The van der Waals surface area contributed by atoms with E-state index in [-0.39, 0.29) is 16.5 Å². The molecular weight excluding hydrogens is 296 g/mol. The molecule has 0 bridgehead atoms.